The van der Waals surface area contributed by atoms with E-state index in [1.165, 1.54) is 22.7 Å². The van der Waals surface area contributed by atoms with Gasteiger partial charge in [-0.2, -0.15) is 0 Å². The van der Waals surface area contributed by atoms with Crippen LogP contribution in [0.2, 0.25) is 0 Å². The number of esters is 1. The minimum atomic E-state index is -1.72. The maximum absolute atomic E-state index is 13.1. The average Bonchev–Trinajstić information content (AvgIpc) is 2.98. The highest BCUT2D eigenvalue weighted by Gasteiger charge is 2.71. The number of carbonyl (C=O) groups excluding carboxylic acids is 1. The maximum atomic E-state index is 13.1. The second-order valence-electron chi connectivity index (χ2n) is 7.99. The summed E-state index contributed by atoms with van der Waals surface area (Å²) in [4.78, 5) is 14.3. The summed E-state index contributed by atoms with van der Waals surface area (Å²) in [5, 5.41) is 15.1. The Morgan fingerprint density at radius 3 is 2.11 bits per heavy atom. The highest BCUT2D eigenvalue weighted by molar-refractivity contribution is 7.12. The van der Waals surface area contributed by atoms with Crippen molar-refractivity contribution in [1.29, 1.82) is 0 Å². The number of fused-ring (bicyclic) bond motifs is 5. The van der Waals surface area contributed by atoms with Crippen LogP contribution in [-0.4, -0.2) is 60.0 Å². The Bertz CT molecular complexity index is 769. The molecule has 3 saturated heterocycles. The summed E-state index contributed by atoms with van der Waals surface area (Å²) in [5.74, 6) is -0.561. The van der Waals surface area contributed by atoms with Crippen LogP contribution in [0.25, 0.3) is 0 Å². The van der Waals surface area contributed by atoms with E-state index in [-0.39, 0.29) is 30.1 Å². The number of thiophene rings is 2. The van der Waals surface area contributed by atoms with Gasteiger partial charge in [-0.05, 0) is 22.9 Å². The van der Waals surface area contributed by atoms with Gasteiger partial charge < -0.3 is 43.0 Å². The molecule has 5 atom stereocenters. The Labute approximate surface area is 183 Å². The van der Waals surface area contributed by atoms with Crippen LogP contribution in [0, 0.1) is 0 Å². The molecule has 27 heavy (non-hydrogen) atoms. The van der Waals surface area contributed by atoms with Crippen molar-refractivity contribution < 1.29 is 47.8 Å². The molecule has 1 N–H and O–H groups in total. The number of piperidine rings is 1. The number of hydrogen-bond acceptors (Lipinski definition) is 6. The van der Waals surface area contributed by atoms with Gasteiger partial charge in [-0.3, -0.25) is 0 Å². The molecule has 1 unspecified atom stereocenters. The number of nitrogens with zero attached hydrogens (tertiary/aromatic N) is 1. The van der Waals surface area contributed by atoms with Crippen LogP contribution in [0.15, 0.2) is 35.0 Å². The fourth-order valence-electron chi connectivity index (χ4n) is 4.83. The van der Waals surface area contributed by atoms with E-state index in [1.54, 1.807) is 12.1 Å². The number of halogens is 1. The van der Waals surface area contributed by atoms with Crippen LogP contribution in [0.5, 0.6) is 0 Å². The smallest absolute Gasteiger partial charge is 0.349 e. The lowest BCUT2D eigenvalue weighted by Gasteiger charge is -2.45. The molecule has 3 fully saturated rings. The van der Waals surface area contributed by atoms with E-state index < -0.39 is 11.6 Å². The summed E-state index contributed by atoms with van der Waals surface area (Å²) in [6, 6.07) is 8.01. The lowest BCUT2D eigenvalue weighted by atomic mass is 9.95. The molecule has 8 heteroatoms. The highest BCUT2D eigenvalue weighted by atomic mass is 127. The molecular formula is C19H22INO4S2. The molecule has 0 saturated carbocycles. The topological polar surface area (TPSA) is 59.1 Å². The largest absolute Gasteiger partial charge is 1.00 e. The van der Waals surface area contributed by atoms with Crippen molar-refractivity contribution in [2.24, 2.45) is 0 Å². The van der Waals surface area contributed by atoms with E-state index in [0.717, 1.165) is 17.3 Å². The molecule has 0 amide bonds. The van der Waals surface area contributed by atoms with Gasteiger partial charge in [0, 0.05) is 12.8 Å². The molecule has 3 aliphatic heterocycles. The third-order valence-electron chi connectivity index (χ3n) is 6.36. The molecule has 5 heterocycles. The van der Waals surface area contributed by atoms with Crippen LogP contribution >= 0.6 is 22.7 Å². The average molecular weight is 519 g/mol. The van der Waals surface area contributed by atoms with Crippen molar-refractivity contribution >= 4 is 28.6 Å². The standard InChI is InChI=1S/C19H22NO4S2.HI/c1-20(2)12-9-11(10-13(20)17-16(12)24-17)23-18(21)19(22,14-5-3-7-25-14)15-6-4-8-26-15;/h3-8,11-13,16-17,22H,9-10H2,1-2H3;1H/q+1;/p-1/t11?,12-,13+,16+,17-;. The third-order valence-corrected chi connectivity index (χ3v) is 8.32. The lowest BCUT2D eigenvalue weighted by Crippen LogP contribution is -3.00. The molecule has 3 aliphatic rings. The van der Waals surface area contributed by atoms with E-state index >= 15 is 0 Å². The number of likely N-dealkylation sites (N-methyl/N-ethyl adjacent to an activating group) is 1. The quantitative estimate of drug-likeness (QED) is 0.253. The Hall–Kier alpha value is -0.520. The zero-order chi connectivity index (χ0) is 18.1. The van der Waals surface area contributed by atoms with E-state index in [0.29, 0.717) is 34.0 Å². The molecule has 0 aromatic carbocycles. The molecule has 0 aliphatic carbocycles. The summed E-state index contributed by atoms with van der Waals surface area (Å²) in [6.45, 7) is 0. The lowest BCUT2D eigenvalue weighted by molar-refractivity contribution is -0.938. The fraction of sp³-hybridized carbons (Fsp3) is 0.526. The molecule has 0 radical (unpaired) electrons. The van der Waals surface area contributed by atoms with Crippen molar-refractivity contribution in [2.75, 3.05) is 14.1 Å². The molecule has 146 valence electrons. The van der Waals surface area contributed by atoms with Gasteiger partial charge in [0.05, 0.1) is 23.8 Å². The first-order valence-electron chi connectivity index (χ1n) is 8.92. The Balaban J connectivity index is 0.00000180. The zero-order valence-corrected chi connectivity index (χ0v) is 18.9. The second-order valence-corrected chi connectivity index (χ2v) is 9.89. The first-order valence-corrected chi connectivity index (χ1v) is 10.7. The number of ether oxygens (including phenoxy) is 2. The number of rotatable bonds is 4. The number of hydrogen-bond donors (Lipinski definition) is 1. The summed E-state index contributed by atoms with van der Waals surface area (Å²) >= 11 is 2.74. The van der Waals surface area contributed by atoms with Crippen molar-refractivity contribution in [3.63, 3.8) is 0 Å². The van der Waals surface area contributed by atoms with Gasteiger partial charge in [-0.15, -0.1) is 22.7 Å². The van der Waals surface area contributed by atoms with Gasteiger partial charge in [-0.1, -0.05) is 12.1 Å². The molecule has 5 rings (SSSR count). The third kappa shape index (κ3) is 2.91. The summed E-state index contributed by atoms with van der Waals surface area (Å²) in [6.07, 6.45) is 2.05. The van der Waals surface area contributed by atoms with Gasteiger partial charge in [-0.25, -0.2) is 4.79 Å². The minimum Gasteiger partial charge on any atom is -1.00 e. The molecular weight excluding hydrogens is 497 g/mol. The SMILES string of the molecule is C[N+]1(C)[C@@H]2CC(OC(=O)C(O)(c3cccs3)c3cccs3)C[C@H]1[C@H]1O[C@H]12.[I-]. The predicted molar refractivity (Wildman–Crippen MR) is 99.1 cm³/mol. The Kier molecular flexibility index (Phi) is 4.96. The van der Waals surface area contributed by atoms with E-state index in [9.17, 15) is 9.90 Å². The van der Waals surface area contributed by atoms with Crippen molar-refractivity contribution in [1.82, 2.24) is 0 Å². The highest BCUT2D eigenvalue weighted by Crippen LogP contribution is 2.52. The second kappa shape index (κ2) is 6.77. The molecule has 5 nitrogen and oxygen atoms in total. The molecule has 2 aromatic heterocycles. The van der Waals surface area contributed by atoms with Crippen molar-refractivity contribution in [3.8, 4) is 0 Å². The van der Waals surface area contributed by atoms with E-state index in [1.807, 2.05) is 22.9 Å². The molecule has 0 spiro atoms. The van der Waals surface area contributed by atoms with Gasteiger partial charge in [0.2, 0.25) is 5.60 Å². The number of morpholine rings is 1. The number of quaternary nitrogens is 1. The van der Waals surface area contributed by atoms with E-state index in [2.05, 4.69) is 14.1 Å². The van der Waals surface area contributed by atoms with Gasteiger partial charge in [0.1, 0.15) is 30.4 Å². The van der Waals surface area contributed by atoms with Crippen LogP contribution < -0.4 is 24.0 Å². The minimum absolute atomic E-state index is 0. The molecule has 2 aromatic rings. The number of epoxide rings is 1. The summed E-state index contributed by atoms with van der Waals surface area (Å²) in [5.41, 5.74) is -1.72. The maximum Gasteiger partial charge on any atom is 0.349 e. The first kappa shape index (κ1) is 19.8. The van der Waals surface area contributed by atoms with Gasteiger partial charge in [0.15, 0.2) is 0 Å². The van der Waals surface area contributed by atoms with Crippen LogP contribution in [0.1, 0.15) is 22.6 Å². The molecule has 2 bridgehead atoms. The predicted octanol–water partition coefficient (Wildman–Crippen LogP) is -0.650. The van der Waals surface area contributed by atoms with Crippen LogP contribution in [-0.2, 0) is 19.9 Å². The normalized spacial score (nSPS) is 33.1. The zero-order valence-electron chi connectivity index (χ0n) is 15.1. The number of carbonyl (C=O) groups is 1. The van der Waals surface area contributed by atoms with Crippen molar-refractivity contribution in [3.05, 3.63) is 44.8 Å². The first-order chi connectivity index (χ1) is 12.4. The Morgan fingerprint density at radius 2 is 1.67 bits per heavy atom. The fourth-order valence-corrected chi connectivity index (χ4v) is 6.54. The summed E-state index contributed by atoms with van der Waals surface area (Å²) < 4.78 is 12.6. The monoisotopic (exact) mass is 519 g/mol. The van der Waals surface area contributed by atoms with E-state index in [4.69, 9.17) is 9.47 Å². The van der Waals surface area contributed by atoms with Crippen molar-refractivity contribution in [2.45, 2.75) is 48.8 Å². The van der Waals surface area contributed by atoms with Gasteiger partial charge in [0.25, 0.3) is 0 Å². The summed E-state index contributed by atoms with van der Waals surface area (Å²) in [7, 11) is 4.49. The van der Waals surface area contributed by atoms with Gasteiger partial charge >= 0.3 is 5.97 Å². The Morgan fingerprint density at radius 1 is 1.15 bits per heavy atom. The van der Waals surface area contributed by atoms with Crippen LogP contribution in [0.3, 0.4) is 0 Å². The van der Waals surface area contributed by atoms with Crippen LogP contribution in [0.4, 0.5) is 0 Å². The number of aliphatic hydroxyl groups is 1.